The molecule has 1 heterocycles. The van der Waals surface area contributed by atoms with Crippen molar-refractivity contribution in [2.24, 2.45) is 0 Å². The van der Waals surface area contributed by atoms with E-state index in [0.717, 1.165) is 36.8 Å². The quantitative estimate of drug-likeness (QED) is 0.877. The zero-order chi connectivity index (χ0) is 11.5. The van der Waals surface area contributed by atoms with E-state index >= 15 is 0 Å². The van der Waals surface area contributed by atoms with Gasteiger partial charge < -0.3 is 10.2 Å². The minimum atomic E-state index is 0.521. The van der Waals surface area contributed by atoms with Crippen LogP contribution in [0.1, 0.15) is 13.3 Å². The van der Waals surface area contributed by atoms with Crippen LogP contribution in [0.2, 0.25) is 10.0 Å². The van der Waals surface area contributed by atoms with Gasteiger partial charge >= 0.3 is 0 Å². The second-order valence-electron chi connectivity index (χ2n) is 4.06. The van der Waals surface area contributed by atoms with E-state index in [1.165, 1.54) is 0 Å². The van der Waals surface area contributed by atoms with Gasteiger partial charge in [0.2, 0.25) is 0 Å². The minimum Gasteiger partial charge on any atom is -0.365 e. The Balaban J connectivity index is 2.27. The zero-order valence-corrected chi connectivity index (χ0v) is 10.9. The number of rotatable bonds is 2. The van der Waals surface area contributed by atoms with Crippen LogP contribution in [-0.2, 0) is 0 Å². The lowest BCUT2D eigenvalue weighted by atomic mass is 10.1. The molecule has 1 unspecified atom stereocenters. The van der Waals surface area contributed by atoms with Crippen LogP contribution in [0.5, 0.6) is 0 Å². The fourth-order valence-electron chi connectivity index (χ4n) is 2.16. The fraction of sp³-hybridized carbons (Fsp3) is 0.500. The summed E-state index contributed by atoms with van der Waals surface area (Å²) in [4.78, 5) is 2.37. The molecule has 88 valence electrons. The molecule has 0 amide bonds. The molecule has 0 aliphatic carbocycles. The van der Waals surface area contributed by atoms with Crippen LogP contribution in [0.3, 0.4) is 0 Å². The summed E-state index contributed by atoms with van der Waals surface area (Å²) in [6.45, 7) is 5.24. The summed E-state index contributed by atoms with van der Waals surface area (Å²) in [5.74, 6) is 0. The Bertz CT molecular complexity index is 368. The van der Waals surface area contributed by atoms with E-state index in [4.69, 9.17) is 23.2 Å². The highest BCUT2D eigenvalue weighted by molar-refractivity contribution is 6.36. The summed E-state index contributed by atoms with van der Waals surface area (Å²) in [5, 5.41) is 4.84. The fourth-order valence-corrected chi connectivity index (χ4v) is 2.67. The van der Waals surface area contributed by atoms with E-state index in [-0.39, 0.29) is 0 Å². The number of nitrogens with one attached hydrogen (secondary N) is 1. The number of halogens is 2. The Morgan fingerprint density at radius 1 is 1.44 bits per heavy atom. The Labute approximate surface area is 107 Å². The second kappa shape index (κ2) is 5.26. The number of nitrogens with zero attached hydrogens (tertiary/aromatic N) is 1. The van der Waals surface area contributed by atoms with Crippen LogP contribution < -0.4 is 10.2 Å². The Morgan fingerprint density at radius 2 is 2.25 bits per heavy atom. The number of hydrogen-bond acceptors (Lipinski definition) is 2. The molecule has 1 fully saturated rings. The van der Waals surface area contributed by atoms with E-state index in [9.17, 15) is 0 Å². The van der Waals surface area contributed by atoms with Crippen LogP contribution in [0.4, 0.5) is 5.69 Å². The molecule has 1 aromatic rings. The third-order valence-electron chi connectivity index (χ3n) is 3.04. The van der Waals surface area contributed by atoms with Crippen LogP contribution >= 0.6 is 23.2 Å². The minimum absolute atomic E-state index is 0.521. The van der Waals surface area contributed by atoms with Gasteiger partial charge in [-0.05, 0) is 24.6 Å². The third kappa shape index (κ3) is 2.45. The average Bonchev–Trinajstić information content (AvgIpc) is 2.29. The molecule has 16 heavy (non-hydrogen) atoms. The summed E-state index contributed by atoms with van der Waals surface area (Å²) >= 11 is 12.1. The van der Waals surface area contributed by atoms with Gasteiger partial charge in [0.05, 0.1) is 10.7 Å². The van der Waals surface area contributed by atoms with Crippen LogP contribution in [-0.4, -0.2) is 25.7 Å². The average molecular weight is 259 g/mol. The van der Waals surface area contributed by atoms with E-state index in [1.54, 1.807) is 0 Å². The normalized spacial score (nSPS) is 21.2. The summed E-state index contributed by atoms with van der Waals surface area (Å²) in [6, 6.07) is 6.25. The number of anilines is 1. The molecule has 0 bridgehead atoms. The first-order valence-corrected chi connectivity index (χ1v) is 6.40. The van der Waals surface area contributed by atoms with Gasteiger partial charge in [0, 0.05) is 30.7 Å². The van der Waals surface area contributed by atoms with Crippen molar-refractivity contribution in [2.45, 2.75) is 19.4 Å². The summed E-state index contributed by atoms with van der Waals surface area (Å²) in [6.07, 6.45) is 1.12. The van der Waals surface area contributed by atoms with Gasteiger partial charge in [-0.3, -0.25) is 0 Å². The molecule has 1 saturated heterocycles. The van der Waals surface area contributed by atoms with Gasteiger partial charge in [-0.1, -0.05) is 30.1 Å². The van der Waals surface area contributed by atoms with Gasteiger partial charge in [-0.2, -0.15) is 0 Å². The van der Waals surface area contributed by atoms with E-state index in [2.05, 4.69) is 17.1 Å². The van der Waals surface area contributed by atoms with Gasteiger partial charge in [0.15, 0.2) is 0 Å². The van der Waals surface area contributed by atoms with Crippen LogP contribution in [0, 0.1) is 0 Å². The molecule has 1 atom stereocenters. The van der Waals surface area contributed by atoms with Crippen molar-refractivity contribution in [3.63, 3.8) is 0 Å². The molecular weight excluding hydrogens is 243 g/mol. The smallest absolute Gasteiger partial charge is 0.0654 e. The van der Waals surface area contributed by atoms with Crippen molar-refractivity contribution >= 4 is 28.9 Å². The van der Waals surface area contributed by atoms with E-state index in [1.807, 2.05) is 18.2 Å². The summed E-state index contributed by atoms with van der Waals surface area (Å²) < 4.78 is 0. The van der Waals surface area contributed by atoms with Gasteiger partial charge in [-0.25, -0.2) is 0 Å². The molecule has 2 rings (SSSR count). The van der Waals surface area contributed by atoms with Crippen molar-refractivity contribution in [3.8, 4) is 0 Å². The van der Waals surface area contributed by atoms with E-state index in [0.29, 0.717) is 11.1 Å². The highest BCUT2D eigenvalue weighted by Gasteiger charge is 2.22. The summed E-state index contributed by atoms with van der Waals surface area (Å²) in [5.41, 5.74) is 1.10. The molecule has 1 N–H and O–H groups in total. The predicted octanol–water partition coefficient (Wildman–Crippen LogP) is 3.18. The molecule has 4 heteroatoms. The maximum atomic E-state index is 6.24. The standard InChI is InChI=1S/C12H16Cl2N2/c1-2-10-8-15-5-6-16(10)12-4-3-9(13)7-11(12)14/h3-4,7,10,15H,2,5-6,8H2,1H3. The van der Waals surface area contributed by atoms with Crippen molar-refractivity contribution < 1.29 is 0 Å². The first-order chi connectivity index (χ1) is 7.72. The Kier molecular flexibility index (Phi) is 3.95. The Morgan fingerprint density at radius 3 is 2.94 bits per heavy atom. The molecule has 0 spiro atoms. The van der Waals surface area contributed by atoms with Crippen molar-refractivity contribution in [3.05, 3.63) is 28.2 Å². The van der Waals surface area contributed by atoms with Crippen molar-refractivity contribution in [2.75, 3.05) is 24.5 Å². The molecular formula is C12H16Cl2N2. The molecule has 0 aromatic heterocycles. The number of hydrogen-bond donors (Lipinski definition) is 1. The van der Waals surface area contributed by atoms with Crippen LogP contribution in [0.15, 0.2) is 18.2 Å². The maximum absolute atomic E-state index is 6.24. The van der Waals surface area contributed by atoms with Gasteiger partial charge in [-0.15, -0.1) is 0 Å². The first kappa shape index (κ1) is 12.0. The molecule has 0 radical (unpaired) electrons. The molecule has 1 aliphatic heterocycles. The summed E-state index contributed by atoms with van der Waals surface area (Å²) in [7, 11) is 0. The lowest BCUT2D eigenvalue weighted by Crippen LogP contribution is -2.51. The second-order valence-corrected chi connectivity index (χ2v) is 4.90. The molecule has 0 saturated carbocycles. The highest BCUT2D eigenvalue weighted by atomic mass is 35.5. The number of piperazine rings is 1. The largest absolute Gasteiger partial charge is 0.365 e. The van der Waals surface area contributed by atoms with Gasteiger partial charge in [0.1, 0.15) is 0 Å². The highest BCUT2D eigenvalue weighted by Crippen LogP contribution is 2.30. The SMILES string of the molecule is CCC1CNCCN1c1ccc(Cl)cc1Cl. The monoisotopic (exact) mass is 258 g/mol. The lowest BCUT2D eigenvalue weighted by molar-refractivity contribution is 0.466. The van der Waals surface area contributed by atoms with Crippen molar-refractivity contribution in [1.82, 2.24) is 5.32 Å². The van der Waals surface area contributed by atoms with Crippen molar-refractivity contribution in [1.29, 1.82) is 0 Å². The molecule has 2 nitrogen and oxygen atoms in total. The molecule has 1 aliphatic rings. The first-order valence-electron chi connectivity index (χ1n) is 5.64. The maximum Gasteiger partial charge on any atom is 0.0654 e. The zero-order valence-electron chi connectivity index (χ0n) is 9.34. The predicted molar refractivity (Wildman–Crippen MR) is 70.8 cm³/mol. The van der Waals surface area contributed by atoms with Crippen LogP contribution in [0.25, 0.3) is 0 Å². The lowest BCUT2D eigenvalue weighted by Gasteiger charge is -2.38. The topological polar surface area (TPSA) is 15.3 Å². The van der Waals surface area contributed by atoms with E-state index < -0.39 is 0 Å². The van der Waals surface area contributed by atoms with Gasteiger partial charge in [0.25, 0.3) is 0 Å². The Hall–Kier alpha value is -0.440. The number of benzene rings is 1. The molecule has 1 aromatic carbocycles. The third-order valence-corrected chi connectivity index (χ3v) is 3.58.